The molecule has 0 spiro atoms. The number of ether oxygens (including phenoxy) is 1. The van der Waals surface area contributed by atoms with Crippen molar-refractivity contribution in [1.82, 2.24) is 0 Å². The Kier molecular flexibility index (Phi) is 5.35. The van der Waals surface area contributed by atoms with Crippen LogP contribution >= 0.6 is 11.6 Å². The summed E-state index contributed by atoms with van der Waals surface area (Å²) in [4.78, 5) is 11.3. The lowest BCUT2D eigenvalue weighted by atomic mass is 9.99. The average molecular weight is 314 g/mol. The molecule has 0 fully saturated rings. The van der Waals surface area contributed by atoms with Crippen molar-refractivity contribution >= 4 is 17.6 Å². The van der Waals surface area contributed by atoms with Crippen molar-refractivity contribution in [3.63, 3.8) is 0 Å². The molecule has 1 unspecified atom stereocenters. The number of hydrogen-bond acceptors (Lipinski definition) is 3. The van der Waals surface area contributed by atoms with Crippen LogP contribution in [0.2, 0.25) is 5.02 Å². The van der Waals surface area contributed by atoms with Crippen molar-refractivity contribution in [3.8, 4) is 0 Å². The minimum absolute atomic E-state index is 0.0245. The summed E-state index contributed by atoms with van der Waals surface area (Å²) in [6.45, 7) is 1.54. The predicted molar refractivity (Wildman–Crippen MR) is 64.7 cm³/mol. The summed E-state index contributed by atoms with van der Waals surface area (Å²) in [7, 11) is 0. The van der Waals surface area contributed by atoms with Crippen LogP contribution < -0.4 is 5.73 Å². The SMILES string of the molecule is CCOC(=O)C(N)Cc1c(C(F)(F)F)ccc(Cl)c1F. The molecule has 0 aromatic heterocycles. The highest BCUT2D eigenvalue weighted by molar-refractivity contribution is 6.30. The normalized spacial score (nSPS) is 13.2. The third-order valence-electron chi connectivity index (χ3n) is 2.51. The summed E-state index contributed by atoms with van der Waals surface area (Å²) < 4.78 is 56.7. The van der Waals surface area contributed by atoms with E-state index >= 15 is 0 Å². The third-order valence-corrected chi connectivity index (χ3v) is 2.81. The molecule has 8 heteroatoms. The van der Waals surface area contributed by atoms with Crippen LogP contribution in [0.5, 0.6) is 0 Å². The molecule has 20 heavy (non-hydrogen) atoms. The lowest BCUT2D eigenvalue weighted by molar-refractivity contribution is -0.145. The van der Waals surface area contributed by atoms with Crippen molar-refractivity contribution in [2.24, 2.45) is 5.73 Å². The van der Waals surface area contributed by atoms with Crippen LogP contribution in [-0.4, -0.2) is 18.6 Å². The van der Waals surface area contributed by atoms with E-state index in [4.69, 9.17) is 17.3 Å². The monoisotopic (exact) mass is 313 g/mol. The highest BCUT2D eigenvalue weighted by Gasteiger charge is 2.36. The summed E-state index contributed by atoms with van der Waals surface area (Å²) >= 11 is 5.46. The van der Waals surface area contributed by atoms with Crippen LogP contribution in [0.4, 0.5) is 17.6 Å². The zero-order valence-corrected chi connectivity index (χ0v) is 11.2. The molecule has 0 bridgehead atoms. The maximum atomic E-state index is 13.8. The van der Waals surface area contributed by atoms with Crippen LogP contribution in [-0.2, 0) is 22.1 Å². The van der Waals surface area contributed by atoms with Crippen molar-refractivity contribution in [1.29, 1.82) is 0 Å². The summed E-state index contributed by atoms with van der Waals surface area (Å²) in [6.07, 6.45) is -5.42. The standard InChI is InChI=1S/C12H12ClF4NO2/c1-2-20-11(19)9(18)5-6-7(12(15,16)17)3-4-8(13)10(6)14/h3-4,9H,2,5,18H2,1H3. The molecule has 1 aromatic carbocycles. The van der Waals surface area contributed by atoms with Gasteiger partial charge in [0.1, 0.15) is 11.9 Å². The minimum Gasteiger partial charge on any atom is -0.465 e. The van der Waals surface area contributed by atoms with Gasteiger partial charge >= 0.3 is 12.1 Å². The minimum atomic E-state index is -4.77. The van der Waals surface area contributed by atoms with E-state index in [0.717, 1.165) is 6.07 Å². The molecule has 1 atom stereocenters. The lowest BCUT2D eigenvalue weighted by Gasteiger charge is -2.17. The van der Waals surface area contributed by atoms with Crippen LogP contribution in [0.3, 0.4) is 0 Å². The molecule has 0 aliphatic carbocycles. The number of hydrogen-bond donors (Lipinski definition) is 1. The maximum Gasteiger partial charge on any atom is 0.416 e. The van der Waals surface area contributed by atoms with E-state index in [2.05, 4.69) is 4.74 Å². The number of carbonyl (C=O) groups excluding carboxylic acids is 1. The Morgan fingerprint density at radius 3 is 2.55 bits per heavy atom. The topological polar surface area (TPSA) is 52.3 Å². The molecular weight excluding hydrogens is 302 g/mol. The van der Waals surface area contributed by atoms with E-state index < -0.39 is 46.6 Å². The second kappa shape index (κ2) is 6.41. The first kappa shape index (κ1) is 16.7. The van der Waals surface area contributed by atoms with Crippen molar-refractivity contribution in [2.75, 3.05) is 6.61 Å². The van der Waals surface area contributed by atoms with Gasteiger partial charge in [-0.25, -0.2) is 4.39 Å². The van der Waals surface area contributed by atoms with Gasteiger partial charge in [0.25, 0.3) is 0 Å². The Labute approximate surface area is 117 Å². The van der Waals surface area contributed by atoms with Gasteiger partial charge in [-0.2, -0.15) is 13.2 Å². The van der Waals surface area contributed by atoms with Crippen LogP contribution in [0.25, 0.3) is 0 Å². The molecule has 1 rings (SSSR count). The largest absolute Gasteiger partial charge is 0.465 e. The second-order valence-corrected chi connectivity index (χ2v) is 4.36. The summed E-state index contributed by atoms with van der Waals surface area (Å²) in [6, 6.07) is 0.0570. The number of halogens is 5. The molecule has 0 radical (unpaired) electrons. The number of benzene rings is 1. The molecule has 0 aliphatic heterocycles. The molecule has 2 N–H and O–H groups in total. The Bertz CT molecular complexity index is 505. The Morgan fingerprint density at radius 2 is 2.05 bits per heavy atom. The zero-order chi connectivity index (χ0) is 15.5. The van der Waals surface area contributed by atoms with E-state index in [1.54, 1.807) is 0 Å². The number of esters is 1. The first-order valence-electron chi connectivity index (χ1n) is 5.64. The predicted octanol–water partition coefficient (Wildman–Crippen LogP) is 2.93. The molecule has 0 saturated heterocycles. The molecule has 3 nitrogen and oxygen atoms in total. The number of carbonyl (C=O) groups is 1. The average Bonchev–Trinajstić information content (AvgIpc) is 2.33. The summed E-state index contributed by atoms with van der Waals surface area (Å²) in [5.74, 6) is -2.14. The quantitative estimate of drug-likeness (QED) is 0.687. The van der Waals surface area contributed by atoms with Crippen molar-refractivity contribution in [2.45, 2.75) is 25.6 Å². The molecule has 0 saturated carbocycles. The highest BCUT2D eigenvalue weighted by atomic mass is 35.5. The summed E-state index contributed by atoms with van der Waals surface area (Å²) in [5.41, 5.74) is 3.46. The molecule has 0 amide bonds. The number of rotatable bonds is 4. The van der Waals surface area contributed by atoms with Crippen LogP contribution in [0.1, 0.15) is 18.1 Å². The van der Waals surface area contributed by atoms with Crippen molar-refractivity contribution < 1.29 is 27.1 Å². The van der Waals surface area contributed by atoms with E-state index in [-0.39, 0.29) is 6.61 Å². The van der Waals surface area contributed by atoms with Gasteiger partial charge in [-0.3, -0.25) is 4.79 Å². The zero-order valence-electron chi connectivity index (χ0n) is 10.4. The van der Waals surface area contributed by atoms with Gasteiger partial charge in [-0.05, 0) is 19.1 Å². The molecule has 0 heterocycles. The van der Waals surface area contributed by atoms with Gasteiger partial charge in [-0.1, -0.05) is 11.6 Å². The van der Waals surface area contributed by atoms with Gasteiger partial charge < -0.3 is 10.5 Å². The van der Waals surface area contributed by atoms with E-state index in [1.165, 1.54) is 6.92 Å². The fraction of sp³-hybridized carbons (Fsp3) is 0.417. The Morgan fingerprint density at radius 1 is 1.45 bits per heavy atom. The van der Waals surface area contributed by atoms with E-state index in [0.29, 0.717) is 6.07 Å². The fourth-order valence-electron chi connectivity index (χ4n) is 1.61. The molecular formula is C12H12ClF4NO2. The molecule has 1 aromatic rings. The second-order valence-electron chi connectivity index (χ2n) is 3.95. The highest BCUT2D eigenvalue weighted by Crippen LogP contribution is 2.35. The third kappa shape index (κ3) is 3.83. The van der Waals surface area contributed by atoms with Gasteiger partial charge in [0.05, 0.1) is 17.2 Å². The summed E-state index contributed by atoms with van der Waals surface area (Å²) in [5, 5.41) is -0.468. The molecule has 112 valence electrons. The van der Waals surface area contributed by atoms with Crippen LogP contribution in [0, 0.1) is 5.82 Å². The first-order chi connectivity index (χ1) is 9.18. The number of alkyl halides is 3. The maximum absolute atomic E-state index is 13.8. The Hall–Kier alpha value is -1.34. The van der Waals surface area contributed by atoms with Gasteiger partial charge in [0.2, 0.25) is 0 Å². The van der Waals surface area contributed by atoms with E-state index in [1.807, 2.05) is 0 Å². The van der Waals surface area contributed by atoms with Crippen molar-refractivity contribution in [3.05, 3.63) is 34.1 Å². The lowest BCUT2D eigenvalue weighted by Crippen LogP contribution is -2.35. The van der Waals surface area contributed by atoms with Gasteiger partial charge in [0.15, 0.2) is 0 Å². The fourth-order valence-corrected chi connectivity index (χ4v) is 1.79. The Balaban J connectivity index is 3.16. The van der Waals surface area contributed by atoms with Gasteiger partial charge in [-0.15, -0.1) is 0 Å². The van der Waals surface area contributed by atoms with E-state index in [9.17, 15) is 22.4 Å². The van der Waals surface area contributed by atoms with Gasteiger partial charge in [0, 0.05) is 12.0 Å². The number of nitrogens with two attached hydrogens (primary N) is 1. The smallest absolute Gasteiger partial charge is 0.416 e. The van der Waals surface area contributed by atoms with Crippen LogP contribution in [0.15, 0.2) is 12.1 Å². The molecule has 0 aliphatic rings. The first-order valence-corrected chi connectivity index (χ1v) is 6.02.